The number of thiophene rings is 2. The number of carbonyl (C=O) groups excluding carboxylic acids is 1. The van der Waals surface area contributed by atoms with Crippen molar-refractivity contribution in [2.45, 2.75) is 116 Å². The van der Waals surface area contributed by atoms with Gasteiger partial charge in [0.15, 0.2) is 0 Å². The Labute approximate surface area is 384 Å². The van der Waals surface area contributed by atoms with E-state index < -0.39 is 0 Å². The Morgan fingerprint density at radius 1 is 0.524 bits per heavy atom. The zero-order valence-electron chi connectivity index (χ0n) is 37.3. The van der Waals surface area contributed by atoms with Crippen molar-refractivity contribution in [3.63, 3.8) is 0 Å². The molecule has 0 amide bonds. The number of fused-ring (bicyclic) bond motifs is 3. The second-order valence-corrected chi connectivity index (χ2v) is 19.6. The predicted molar refractivity (Wildman–Crippen MR) is 272 cm³/mol. The monoisotopic (exact) mass is 866 g/mol. The van der Waals surface area contributed by atoms with Crippen LogP contribution in [0.1, 0.15) is 136 Å². The summed E-state index contributed by atoms with van der Waals surface area (Å²) < 4.78 is 5.65. The first kappa shape index (κ1) is 44.3. The van der Waals surface area contributed by atoms with Crippen molar-refractivity contribution in [3.8, 4) is 52.9 Å². The minimum Gasteiger partial charge on any atom is -0.457 e. The van der Waals surface area contributed by atoms with Gasteiger partial charge in [-0.3, -0.25) is 0 Å². The topological polar surface area (TPSA) is 26.3 Å². The summed E-state index contributed by atoms with van der Waals surface area (Å²) in [4.78, 5) is 17.9. The van der Waals surface area contributed by atoms with Gasteiger partial charge < -0.3 is 4.74 Å². The van der Waals surface area contributed by atoms with Gasteiger partial charge in [0.1, 0.15) is 6.61 Å². The van der Waals surface area contributed by atoms with Crippen LogP contribution in [0.3, 0.4) is 0 Å². The third kappa shape index (κ3) is 10.4. The molecule has 5 aromatic carbocycles. The van der Waals surface area contributed by atoms with Gasteiger partial charge in [0.05, 0.1) is 5.56 Å². The first-order chi connectivity index (χ1) is 31.0. The maximum absolute atomic E-state index is 12.7. The molecular weight excluding hydrogens is 805 g/mol. The fourth-order valence-corrected chi connectivity index (χ4v) is 11.5. The van der Waals surface area contributed by atoms with Gasteiger partial charge >= 0.3 is 5.97 Å². The molecular formula is C59H62O2S2. The molecule has 2 heterocycles. The van der Waals surface area contributed by atoms with Gasteiger partial charge in [0, 0.05) is 24.9 Å². The van der Waals surface area contributed by atoms with Crippen molar-refractivity contribution in [1.29, 1.82) is 0 Å². The molecule has 4 heteroatoms. The van der Waals surface area contributed by atoms with Gasteiger partial charge in [-0.15, -0.1) is 22.7 Å². The molecule has 0 spiro atoms. The Morgan fingerprint density at radius 2 is 0.984 bits per heavy atom. The Kier molecular flexibility index (Phi) is 15.0. The summed E-state index contributed by atoms with van der Waals surface area (Å²) in [5.74, 6) is -0.321. The molecule has 8 rings (SSSR count). The van der Waals surface area contributed by atoms with Crippen LogP contribution in [-0.2, 0) is 16.8 Å². The average molecular weight is 867 g/mol. The Balaban J connectivity index is 1.08. The molecule has 7 aromatic rings. The Hall–Kier alpha value is -5.29. The zero-order chi connectivity index (χ0) is 43.4. The number of hydrogen-bond acceptors (Lipinski definition) is 4. The molecule has 0 fully saturated rings. The number of carbonyl (C=O) groups is 1. The van der Waals surface area contributed by atoms with Crippen molar-refractivity contribution in [2.24, 2.45) is 0 Å². The van der Waals surface area contributed by atoms with Crippen LogP contribution in [0.5, 0.6) is 0 Å². The van der Waals surface area contributed by atoms with E-state index in [1.807, 2.05) is 34.8 Å². The lowest BCUT2D eigenvalue weighted by Gasteiger charge is -2.33. The van der Waals surface area contributed by atoms with E-state index in [1.165, 1.54) is 148 Å². The third-order valence-electron chi connectivity index (χ3n) is 13.1. The molecule has 0 saturated heterocycles. The number of hydrogen-bond donors (Lipinski definition) is 0. The maximum atomic E-state index is 12.7. The highest BCUT2D eigenvalue weighted by molar-refractivity contribution is 7.19. The van der Waals surface area contributed by atoms with E-state index in [9.17, 15) is 4.79 Å². The molecule has 0 saturated carbocycles. The maximum Gasteiger partial charge on any atom is 0.338 e. The number of rotatable bonds is 22. The summed E-state index contributed by atoms with van der Waals surface area (Å²) >= 11 is 3.77. The molecule has 0 unspecified atom stereocenters. The lowest BCUT2D eigenvalue weighted by atomic mass is 9.70. The van der Waals surface area contributed by atoms with Crippen LogP contribution in [-0.4, -0.2) is 5.97 Å². The summed E-state index contributed by atoms with van der Waals surface area (Å²) in [6, 6.07) is 50.6. The van der Waals surface area contributed by atoms with E-state index in [0.29, 0.717) is 5.56 Å². The van der Waals surface area contributed by atoms with E-state index in [2.05, 4.69) is 136 Å². The summed E-state index contributed by atoms with van der Waals surface area (Å²) in [6.07, 6.45) is 19.8. The molecule has 0 atom stereocenters. The average Bonchev–Trinajstić information content (AvgIpc) is 4.09. The van der Waals surface area contributed by atoms with Crippen molar-refractivity contribution < 1.29 is 9.53 Å². The number of unbranched alkanes of at least 4 members (excludes halogenated alkanes) is 10. The fourth-order valence-electron chi connectivity index (χ4n) is 9.53. The van der Waals surface area contributed by atoms with E-state index >= 15 is 0 Å². The van der Waals surface area contributed by atoms with Gasteiger partial charge in [-0.1, -0.05) is 195 Å². The summed E-state index contributed by atoms with van der Waals surface area (Å²) in [5.41, 5.74) is 13.5. The first-order valence-electron chi connectivity index (χ1n) is 23.5. The molecule has 0 N–H and O–H groups in total. The smallest absolute Gasteiger partial charge is 0.338 e. The van der Waals surface area contributed by atoms with Gasteiger partial charge in [-0.25, -0.2) is 4.79 Å². The first-order valence-corrected chi connectivity index (χ1v) is 25.2. The van der Waals surface area contributed by atoms with E-state index in [-0.39, 0.29) is 18.0 Å². The normalized spacial score (nSPS) is 12.5. The molecule has 1 aliphatic rings. The second kappa shape index (κ2) is 21.4. The Morgan fingerprint density at radius 3 is 1.49 bits per heavy atom. The second-order valence-electron chi connectivity index (χ2n) is 17.4. The molecule has 2 aromatic heterocycles. The van der Waals surface area contributed by atoms with Gasteiger partial charge in [0.25, 0.3) is 0 Å². The quantitative estimate of drug-likeness (QED) is 0.0501. The molecule has 0 radical (unpaired) electrons. The standard InChI is InChI=1S/C59H62O2S2/c1-4-7-9-11-13-18-38-59(39-19-14-12-10-8-5-2)52-40-48(56-36-34-54(62-56)45-20-16-15-17-21-45)30-32-50(52)51-33-31-49(41-53(51)59)57-37-35-55(63-57)46-26-24-44(25-27-46)42-61-58(60)47-28-22-43(6-3)23-29-47/h6,15-17,20-37,40-41H,3-5,7-14,18-19,38-39,42H2,1-2H3. The lowest BCUT2D eigenvalue weighted by molar-refractivity contribution is 0.0472. The fraction of sp³-hybridized carbons (Fsp3) is 0.305. The minimum atomic E-state index is -0.321. The van der Waals surface area contributed by atoms with Crippen molar-refractivity contribution in [2.75, 3.05) is 0 Å². The molecule has 0 bridgehead atoms. The van der Waals surface area contributed by atoms with Gasteiger partial charge in [-0.2, -0.15) is 0 Å². The summed E-state index contributed by atoms with van der Waals surface area (Å²) in [7, 11) is 0. The zero-order valence-corrected chi connectivity index (χ0v) is 38.9. The molecule has 322 valence electrons. The predicted octanol–water partition coefficient (Wildman–Crippen LogP) is 18.2. The minimum absolute atomic E-state index is 0.0138. The molecule has 1 aliphatic carbocycles. The van der Waals surface area contributed by atoms with Crippen LogP contribution in [0, 0.1) is 0 Å². The van der Waals surface area contributed by atoms with Gasteiger partial charge in [-0.05, 0) is 117 Å². The van der Waals surface area contributed by atoms with Crippen molar-refractivity contribution >= 4 is 34.7 Å². The molecule has 0 aliphatic heterocycles. The van der Waals surface area contributed by atoms with Crippen LogP contribution < -0.4 is 0 Å². The van der Waals surface area contributed by atoms with Crippen molar-refractivity contribution in [3.05, 3.63) is 174 Å². The van der Waals surface area contributed by atoms with Crippen LogP contribution in [0.4, 0.5) is 0 Å². The van der Waals surface area contributed by atoms with Crippen molar-refractivity contribution in [1.82, 2.24) is 0 Å². The van der Waals surface area contributed by atoms with E-state index in [4.69, 9.17) is 4.74 Å². The highest BCUT2D eigenvalue weighted by atomic mass is 32.1. The number of benzene rings is 5. The molecule has 2 nitrogen and oxygen atoms in total. The highest BCUT2D eigenvalue weighted by Crippen LogP contribution is 2.56. The Bertz CT molecular complexity index is 2560. The number of ether oxygens (including phenoxy) is 1. The van der Waals surface area contributed by atoms with E-state index in [0.717, 1.165) is 11.1 Å². The third-order valence-corrected chi connectivity index (χ3v) is 15.5. The largest absolute Gasteiger partial charge is 0.457 e. The lowest BCUT2D eigenvalue weighted by Crippen LogP contribution is -2.25. The summed E-state index contributed by atoms with van der Waals surface area (Å²) in [6.45, 7) is 8.65. The summed E-state index contributed by atoms with van der Waals surface area (Å²) in [5, 5.41) is 0. The van der Waals surface area contributed by atoms with Crippen LogP contribution in [0.15, 0.2) is 146 Å². The van der Waals surface area contributed by atoms with Crippen LogP contribution in [0.2, 0.25) is 0 Å². The highest BCUT2D eigenvalue weighted by Gasteiger charge is 2.42. The van der Waals surface area contributed by atoms with Crippen LogP contribution >= 0.6 is 22.7 Å². The number of esters is 1. The van der Waals surface area contributed by atoms with Gasteiger partial charge in [0.2, 0.25) is 0 Å². The SMILES string of the molecule is C=Cc1ccc(C(=O)OCc2ccc(-c3ccc(-c4ccc5c(c4)C(CCCCCCCC)(CCCCCCCC)c4cc(-c6ccc(-c7ccccc7)s6)ccc4-5)s3)cc2)cc1. The van der Waals surface area contributed by atoms with E-state index in [1.54, 1.807) is 23.8 Å². The van der Waals surface area contributed by atoms with Crippen LogP contribution in [0.25, 0.3) is 59.0 Å². The molecule has 63 heavy (non-hydrogen) atoms.